The lowest BCUT2D eigenvalue weighted by atomic mass is 10.2. The second-order valence-electron chi connectivity index (χ2n) is 6.02. The number of halogens is 2. The van der Waals surface area contributed by atoms with Crippen molar-refractivity contribution in [3.63, 3.8) is 0 Å². The maximum atomic E-state index is 13.8. The van der Waals surface area contributed by atoms with Gasteiger partial charge < -0.3 is 5.32 Å². The molecule has 3 rings (SSSR count). The third-order valence-electron chi connectivity index (χ3n) is 4.10. The number of benzene rings is 1. The fraction of sp³-hybridized carbons (Fsp3) is 0.211. The van der Waals surface area contributed by atoms with E-state index in [-0.39, 0.29) is 23.5 Å². The van der Waals surface area contributed by atoms with Crippen LogP contribution in [0, 0.1) is 19.7 Å². The van der Waals surface area contributed by atoms with Gasteiger partial charge in [-0.1, -0.05) is 29.4 Å². The Morgan fingerprint density at radius 3 is 2.93 bits per heavy atom. The first-order chi connectivity index (χ1) is 13.3. The quantitative estimate of drug-likeness (QED) is 0.342. The highest BCUT2D eigenvalue weighted by molar-refractivity contribution is 7.99. The third-order valence-corrected chi connectivity index (χ3v) is 6.41. The normalized spacial score (nSPS) is 11.0. The lowest BCUT2D eigenvalue weighted by molar-refractivity contribution is -0.113. The zero-order valence-electron chi connectivity index (χ0n) is 15.2. The number of carbonyl (C=O) groups excluding carboxylic acids is 1. The Bertz CT molecular complexity index is 1140. The Labute approximate surface area is 174 Å². The first-order valence-corrected chi connectivity index (χ1v) is 10.5. The molecule has 1 N–H and O–H groups in total. The van der Waals surface area contributed by atoms with Gasteiger partial charge in [0.25, 0.3) is 5.56 Å². The summed E-state index contributed by atoms with van der Waals surface area (Å²) in [5.74, 6) is -1.04. The number of hydrogen-bond acceptors (Lipinski definition) is 5. The second kappa shape index (κ2) is 8.46. The highest BCUT2D eigenvalue weighted by atomic mass is 35.5. The zero-order valence-corrected chi connectivity index (χ0v) is 17.6. The van der Waals surface area contributed by atoms with Crippen molar-refractivity contribution < 1.29 is 9.18 Å². The summed E-state index contributed by atoms with van der Waals surface area (Å²) in [6.45, 7) is 7.81. The molecule has 9 heteroatoms. The molecule has 0 aliphatic carbocycles. The molecule has 0 saturated heterocycles. The number of fused-ring (bicyclic) bond motifs is 1. The smallest absolute Gasteiger partial charge is 0.263 e. The fourth-order valence-electron chi connectivity index (χ4n) is 2.62. The number of nitrogens with one attached hydrogen (secondary N) is 1. The van der Waals surface area contributed by atoms with E-state index in [9.17, 15) is 14.0 Å². The van der Waals surface area contributed by atoms with Crippen molar-refractivity contribution in [3.05, 3.63) is 62.5 Å². The minimum Gasteiger partial charge on any atom is -0.323 e. The molecule has 5 nitrogen and oxygen atoms in total. The first-order valence-electron chi connectivity index (χ1n) is 8.31. The van der Waals surface area contributed by atoms with Crippen molar-refractivity contribution in [2.45, 2.75) is 25.5 Å². The molecule has 0 saturated carbocycles. The predicted octanol–water partition coefficient (Wildman–Crippen LogP) is 4.78. The molecular formula is C19H17ClFN3O2S2. The molecule has 0 unspecified atom stereocenters. The lowest BCUT2D eigenvalue weighted by Crippen LogP contribution is -2.23. The number of aryl methyl sites for hydroxylation is 2. The van der Waals surface area contributed by atoms with E-state index in [1.54, 1.807) is 6.08 Å². The standard InChI is InChI=1S/C19H17ClFN3O2S2/c1-4-7-24-18(26)16-10(2)11(3)28-17(16)23-19(24)27-9-15(25)22-14-8-12(20)5-6-13(14)21/h4-6,8H,1,7,9H2,2-3H3,(H,22,25). The van der Waals surface area contributed by atoms with Crippen LogP contribution in [0.1, 0.15) is 10.4 Å². The van der Waals surface area contributed by atoms with E-state index < -0.39 is 11.7 Å². The number of allylic oxidation sites excluding steroid dienone is 1. The molecular weight excluding hydrogens is 421 g/mol. The van der Waals surface area contributed by atoms with Crippen LogP contribution in [0.25, 0.3) is 10.2 Å². The SMILES string of the molecule is C=CCn1c(SCC(=O)Nc2cc(Cl)ccc2F)nc2sc(C)c(C)c2c1=O. The molecule has 0 aliphatic heterocycles. The Kier molecular flexibility index (Phi) is 6.22. The molecule has 1 amide bonds. The molecule has 146 valence electrons. The van der Waals surface area contributed by atoms with E-state index in [1.807, 2.05) is 13.8 Å². The van der Waals surface area contributed by atoms with Crippen LogP contribution in [0.2, 0.25) is 5.02 Å². The molecule has 3 aromatic rings. The van der Waals surface area contributed by atoms with Gasteiger partial charge in [-0.05, 0) is 37.6 Å². The zero-order chi connectivity index (χ0) is 20.4. The molecule has 1 aromatic carbocycles. The van der Waals surface area contributed by atoms with Gasteiger partial charge in [0.2, 0.25) is 5.91 Å². The highest BCUT2D eigenvalue weighted by Crippen LogP contribution is 2.28. The van der Waals surface area contributed by atoms with Crippen LogP contribution in [0.4, 0.5) is 10.1 Å². The number of carbonyl (C=O) groups is 1. The summed E-state index contributed by atoms with van der Waals surface area (Å²) in [7, 11) is 0. The van der Waals surface area contributed by atoms with Crippen LogP contribution in [-0.4, -0.2) is 21.2 Å². The van der Waals surface area contributed by atoms with E-state index in [1.165, 1.54) is 34.1 Å². The molecule has 0 aliphatic rings. The third kappa shape index (κ3) is 4.14. The summed E-state index contributed by atoms with van der Waals surface area (Å²) in [4.78, 5) is 31.4. The highest BCUT2D eigenvalue weighted by Gasteiger charge is 2.17. The first kappa shape index (κ1) is 20.6. The van der Waals surface area contributed by atoms with Gasteiger partial charge >= 0.3 is 0 Å². The average molecular weight is 438 g/mol. The van der Waals surface area contributed by atoms with Crippen molar-refractivity contribution in [1.29, 1.82) is 0 Å². The van der Waals surface area contributed by atoms with Gasteiger partial charge in [-0.15, -0.1) is 17.9 Å². The number of aromatic nitrogens is 2. The van der Waals surface area contributed by atoms with Gasteiger partial charge in [0, 0.05) is 16.4 Å². The Hall–Kier alpha value is -2.16. The van der Waals surface area contributed by atoms with Crippen LogP contribution in [-0.2, 0) is 11.3 Å². The topological polar surface area (TPSA) is 64.0 Å². The minimum atomic E-state index is -0.574. The maximum absolute atomic E-state index is 13.8. The molecule has 0 spiro atoms. The number of anilines is 1. The van der Waals surface area contributed by atoms with Gasteiger partial charge in [-0.3, -0.25) is 14.2 Å². The summed E-state index contributed by atoms with van der Waals surface area (Å²) in [5.41, 5.74) is 0.770. The van der Waals surface area contributed by atoms with Crippen molar-refractivity contribution >= 4 is 56.5 Å². The second-order valence-corrected chi connectivity index (χ2v) is 8.61. The van der Waals surface area contributed by atoms with Gasteiger partial charge in [0.1, 0.15) is 10.6 Å². The molecule has 2 heterocycles. The van der Waals surface area contributed by atoms with E-state index in [0.29, 0.717) is 20.4 Å². The summed E-state index contributed by atoms with van der Waals surface area (Å²) >= 11 is 8.39. The van der Waals surface area contributed by atoms with Crippen LogP contribution in [0.3, 0.4) is 0 Å². The molecule has 0 bridgehead atoms. The largest absolute Gasteiger partial charge is 0.323 e. The number of hydrogen-bond donors (Lipinski definition) is 1. The fourth-order valence-corrected chi connectivity index (χ4v) is 4.67. The van der Waals surface area contributed by atoms with Gasteiger partial charge in [-0.2, -0.15) is 0 Å². The summed E-state index contributed by atoms with van der Waals surface area (Å²) < 4.78 is 15.3. The minimum absolute atomic E-state index is 0.00880. The van der Waals surface area contributed by atoms with E-state index in [4.69, 9.17) is 11.6 Å². The monoisotopic (exact) mass is 437 g/mol. The van der Waals surface area contributed by atoms with Gasteiger partial charge in [-0.25, -0.2) is 9.37 Å². The van der Waals surface area contributed by atoms with E-state index in [0.717, 1.165) is 22.2 Å². The van der Waals surface area contributed by atoms with Gasteiger partial charge in [0.15, 0.2) is 5.16 Å². The van der Waals surface area contributed by atoms with Crippen molar-refractivity contribution in [1.82, 2.24) is 9.55 Å². The van der Waals surface area contributed by atoms with Crippen LogP contribution >= 0.6 is 34.7 Å². The molecule has 2 aromatic heterocycles. The summed E-state index contributed by atoms with van der Waals surface area (Å²) in [6.07, 6.45) is 1.61. The number of thioether (sulfide) groups is 1. The van der Waals surface area contributed by atoms with Gasteiger partial charge in [0.05, 0.1) is 16.8 Å². The number of rotatable bonds is 6. The number of nitrogens with zero attached hydrogens (tertiary/aromatic N) is 2. The molecule has 0 atom stereocenters. The molecule has 28 heavy (non-hydrogen) atoms. The summed E-state index contributed by atoms with van der Waals surface area (Å²) in [5, 5.41) is 3.82. The molecule has 0 radical (unpaired) electrons. The van der Waals surface area contributed by atoms with Crippen molar-refractivity contribution in [2.75, 3.05) is 11.1 Å². The van der Waals surface area contributed by atoms with Crippen LogP contribution in [0.5, 0.6) is 0 Å². The lowest BCUT2D eigenvalue weighted by Gasteiger charge is -2.11. The summed E-state index contributed by atoms with van der Waals surface area (Å²) in [6, 6.07) is 3.93. The van der Waals surface area contributed by atoms with Crippen LogP contribution < -0.4 is 10.9 Å². The Morgan fingerprint density at radius 2 is 2.21 bits per heavy atom. The van der Waals surface area contributed by atoms with Crippen LogP contribution in [0.15, 0.2) is 40.8 Å². The predicted molar refractivity (Wildman–Crippen MR) is 114 cm³/mol. The number of thiophene rings is 1. The average Bonchev–Trinajstić information content (AvgIpc) is 2.93. The van der Waals surface area contributed by atoms with E-state index >= 15 is 0 Å². The maximum Gasteiger partial charge on any atom is 0.263 e. The Balaban J connectivity index is 1.86. The van der Waals surface area contributed by atoms with Crippen molar-refractivity contribution in [3.8, 4) is 0 Å². The van der Waals surface area contributed by atoms with E-state index in [2.05, 4.69) is 16.9 Å². The molecule has 0 fully saturated rings. The van der Waals surface area contributed by atoms with Crippen molar-refractivity contribution in [2.24, 2.45) is 0 Å². The number of amides is 1. The Morgan fingerprint density at radius 1 is 1.46 bits per heavy atom.